The third-order valence-electron chi connectivity index (χ3n) is 4.63. The number of nitrogens with two attached hydrogens (primary N) is 1. The maximum absolute atomic E-state index is 5.70. The van der Waals surface area contributed by atoms with Crippen molar-refractivity contribution in [3.05, 3.63) is 18.2 Å². The summed E-state index contributed by atoms with van der Waals surface area (Å²) in [6, 6.07) is 6.65. The average molecular weight is 397 g/mol. The quantitative estimate of drug-likeness (QED) is 0.121. The number of anilines is 1. The topological polar surface area (TPSA) is 38.0 Å². The molecular formula is C22H40N2S2. The SMILES string of the molecule is CCCCCCCCSc1ccc(NN)c(SCCCCCCCC)c1. The van der Waals surface area contributed by atoms with Gasteiger partial charge < -0.3 is 5.43 Å². The van der Waals surface area contributed by atoms with E-state index in [1.54, 1.807) is 0 Å². The molecule has 3 N–H and O–H groups in total. The maximum atomic E-state index is 5.70. The van der Waals surface area contributed by atoms with Crippen molar-refractivity contribution in [1.29, 1.82) is 0 Å². The summed E-state index contributed by atoms with van der Waals surface area (Å²) < 4.78 is 0. The first-order valence-electron chi connectivity index (χ1n) is 10.7. The maximum Gasteiger partial charge on any atom is 0.0621 e. The fourth-order valence-electron chi connectivity index (χ4n) is 2.97. The number of thioether (sulfide) groups is 2. The van der Waals surface area contributed by atoms with Crippen LogP contribution in [0.4, 0.5) is 5.69 Å². The molecule has 0 aromatic heterocycles. The van der Waals surface area contributed by atoms with Crippen LogP contribution >= 0.6 is 23.5 Å². The van der Waals surface area contributed by atoms with Crippen molar-refractivity contribution in [1.82, 2.24) is 0 Å². The smallest absolute Gasteiger partial charge is 0.0621 e. The molecular weight excluding hydrogens is 356 g/mol. The molecule has 0 radical (unpaired) electrons. The predicted molar refractivity (Wildman–Crippen MR) is 122 cm³/mol. The van der Waals surface area contributed by atoms with Crippen LogP contribution in [0.25, 0.3) is 0 Å². The number of nitrogen functional groups attached to an aromatic ring is 1. The first kappa shape index (κ1) is 23.7. The van der Waals surface area contributed by atoms with Gasteiger partial charge in [-0.2, -0.15) is 0 Å². The van der Waals surface area contributed by atoms with Gasteiger partial charge in [0.05, 0.1) is 5.69 Å². The molecule has 0 atom stereocenters. The van der Waals surface area contributed by atoms with Gasteiger partial charge >= 0.3 is 0 Å². The Morgan fingerprint density at radius 1 is 0.731 bits per heavy atom. The Bertz CT molecular complexity index is 452. The van der Waals surface area contributed by atoms with Crippen LogP contribution in [0.5, 0.6) is 0 Å². The summed E-state index contributed by atoms with van der Waals surface area (Å²) in [5.74, 6) is 8.11. The molecule has 1 rings (SSSR count). The minimum Gasteiger partial charge on any atom is -0.323 e. The molecule has 0 fully saturated rings. The summed E-state index contributed by atoms with van der Waals surface area (Å²) in [4.78, 5) is 2.68. The molecule has 4 heteroatoms. The first-order chi connectivity index (χ1) is 12.8. The molecule has 0 saturated heterocycles. The van der Waals surface area contributed by atoms with E-state index in [4.69, 9.17) is 5.84 Å². The fraction of sp³-hybridized carbons (Fsp3) is 0.727. The van der Waals surface area contributed by atoms with E-state index in [-0.39, 0.29) is 0 Å². The molecule has 1 aromatic carbocycles. The van der Waals surface area contributed by atoms with Gasteiger partial charge in [-0.3, -0.25) is 5.84 Å². The predicted octanol–water partition coefficient (Wildman–Crippen LogP) is 7.88. The normalized spacial score (nSPS) is 11.0. The van der Waals surface area contributed by atoms with Crippen molar-refractivity contribution < 1.29 is 0 Å². The lowest BCUT2D eigenvalue weighted by molar-refractivity contribution is 0.627. The number of nitrogens with one attached hydrogen (secondary N) is 1. The number of benzene rings is 1. The van der Waals surface area contributed by atoms with Crippen molar-refractivity contribution in [2.75, 3.05) is 16.9 Å². The summed E-state index contributed by atoms with van der Waals surface area (Å²) in [5, 5.41) is 0. The highest BCUT2D eigenvalue weighted by atomic mass is 32.2. The lowest BCUT2D eigenvalue weighted by atomic mass is 10.1. The summed E-state index contributed by atoms with van der Waals surface area (Å²) in [6.45, 7) is 4.55. The Morgan fingerprint density at radius 2 is 1.27 bits per heavy atom. The molecule has 1 aromatic rings. The van der Waals surface area contributed by atoms with Crippen LogP contribution in [0.3, 0.4) is 0 Å². The van der Waals surface area contributed by atoms with Crippen LogP contribution in [-0.2, 0) is 0 Å². The Labute approximate surface area is 170 Å². The van der Waals surface area contributed by atoms with Gasteiger partial charge in [-0.25, -0.2) is 0 Å². The number of unbranched alkanes of at least 4 members (excludes halogenated alkanes) is 10. The van der Waals surface area contributed by atoms with Crippen LogP contribution in [0, 0.1) is 0 Å². The van der Waals surface area contributed by atoms with E-state index in [1.807, 2.05) is 23.5 Å². The summed E-state index contributed by atoms with van der Waals surface area (Å²) in [7, 11) is 0. The molecule has 0 aliphatic heterocycles. The van der Waals surface area contributed by atoms with Gasteiger partial charge in [-0.15, -0.1) is 23.5 Å². The zero-order valence-corrected chi connectivity index (χ0v) is 18.7. The highest BCUT2D eigenvalue weighted by Gasteiger charge is 2.05. The summed E-state index contributed by atoms with van der Waals surface area (Å²) in [6.07, 6.45) is 16.3. The number of hydrogen-bond donors (Lipinski definition) is 2. The molecule has 0 heterocycles. The second-order valence-corrected chi connectivity index (χ2v) is 9.34. The Morgan fingerprint density at radius 3 is 1.85 bits per heavy atom. The van der Waals surface area contributed by atoms with E-state index >= 15 is 0 Å². The average Bonchev–Trinajstić information content (AvgIpc) is 2.66. The van der Waals surface area contributed by atoms with Gasteiger partial charge in [0.2, 0.25) is 0 Å². The number of rotatable bonds is 17. The summed E-state index contributed by atoms with van der Waals surface area (Å²) >= 11 is 3.93. The number of hydrogen-bond acceptors (Lipinski definition) is 4. The second-order valence-electron chi connectivity index (χ2n) is 7.03. The van der Waals surface area contributed by atoms with E-state index in [0.29, 0.717) is 0 Å². The van der Waals surface area contributed by atoms with Crippen molar-refractivity contribution in [2.45, 2.75) is 101 Å². The van der Waals surface area contributed by atoms with Crippen molar-refractivity contribution in [2.24, 2.45) is 5.84 Å². The minimum atomic E-state index is 1.06. The van der Waals surface area contributed by atoms with Gasteiger partial charge in [0.1, 0.15) is 0 Å². The van der Waals surface area contributed by atoms with Gasteiger partial charge in [-0.1, -0.05) is 78.1 Å². The fourth-order valence-corrected chi connectivity index (χ4v) is 5.05. The van der Waals surface area contributed by atoms with Crippen LogP contribution < -0.4 is 11.3 Å². The Balaban J connectivity index is 2.28. The third-order valence-corrected chi connectivity index (χ3v) is 6.85. The van der Waals surface area contributed by atoms with E-state index < -0.39 is 0 Å². The zero-order chi connectivity index (χ0) is 18.9. The van der Waals surface area contributed by atoms with E-state index in [2.05, 4.69) is 37.5 Å². The molecule has 0 saturated carbocycles. The van der Waals surface area contributed by atoms with Crippen LogP contribution in [0.2, 0.25) is 0 Å². The van der Waals surface area contributed by atoms with Crippen molar-refractivity contribution >= 4 is 29.2 Å². The highest BCUT2D eigenvalue weighted by Crippen LogP contribution is 2.32. The largest absolute Gasteiger partial charge is 0.323 e. The first-order valence-corrected chi connectivity index (χ1v) is 12.6. The molecule has 2 nitrogen and oxygen atoms in total. The highest BCUT2D eigenvalue weighted by molar-refractivity contribution is 8.00. The Kier molecular flexibility index (Phi) is 15.3. The Hall–Kier alpha value is -0.320. The van der Waals surface area contributed by atoms with Crippen LogP contribution in [0.1, 0.15) is 90.9 Å². The van der Waals surface area contributed by atoms with E-state index in [9.17, 15) is 0 Å². The zero-order valence-electron chi connectivity index (χ0n) is 17.0. The molecule has 0 amide bonds. The number of hydrazine groups is 1. The van der Waals surface area contributed by atoms with Crippen molar-refractivity contribution in [3.8, 4) is 0 Å². The van der Waals surface area contributed by atoms with Gasteiger partial charge in [-0.05, 0) is 42.5 Å². The van der Waals surface area contributed by atoms with Crippen molar-refractivity contribution in [3.63, 3.8) is 0 Å². The molecule has 0 bridgehead atoms. The van der Waals surface area contributed by atoms with Crippen LogP contribution in [0.15, 0.2) is 28.0 Å². The van der Waals surface area contributed by atoms with E-state index in [1.165, 1.54) is 98.3 Å². The molecule has 150 valence electrons. The molecule has 26 heavy (non-hydrogen) atoms. The molecule has 0 aliphatic carbocycles. The minimum absolute atomic E-state index is 1.06. The summed E-state index contributed by atoms with van der Waals surface area (Å²) in [5.41, 5.74) is 3.92. The van der Waals surface area contributed by atoms with Gasteiger partial charge in [0, 0.05) is 9.79 Å². The van der Waals surface area contributed by atoms with E-state index in [0.717, 1.165) is 5.69 Å². The monoisotopic (exact) mass is 396 g/mol. The lowest BCUT2D eigenvalue weighted by Gasteiger charge is -2.11. The lowest BCUT2D eigenvalue weighted by Crippen LogP contribution is -2.07. The van der Waals surface area contributed by atoms with Crippen LogP contribution in [-0.4, -0.2) is 11.5 Å². The third kappa shape index (κ3) is 11.4. The molecule has 0 spiro atoms. The standard InChI is InChI=1S/C22H40N2S2/c1-3-5-7-9-11-13-17-25-20-15-16-21(24-23)22(19-20)26-18-14-12-10-8-6-4-2/h15-16,19,24H,3-14,17-18,23H2,1-2H3. The van der Waals surface area contributed by atoms with Gasteiger partial charge in [0.25, 0.3) is 0 Å². The van der Waals surface area contributed by atoms with Gasteiger partial charge in [0.15, 0.2) is 0 Å². The second kappa shape index (κ2) is 16.8. The molecule has 0 unspecified atom stereocenters. The molecule has 0 aliphatic rings.